The van der Waals surface area contributed by atoms with Gasteiger partial charge in [-0.25, -0.2) is 0 Å². The summed E-state index contributed by atoms with van der Waals surface area (Å²) < 4.78 is 23.2. The van der Waals surface area contributed by atoms with Crippen molar-refractivity contribution in [1.82, 2.24) is 0 Å². The molecule has 45 heavy (non-hydrogen) atoms. The van der Waals surface area contributed by atoms with Crippen molar-refractivity contribution in [2.24, 2.45) is 5.73 Å². The van der Waals surface area contributed by atoms with Crippen LogP contribution in [0.15, 0.2) is 109 Å². The average molecular weight is 638 g/mol. The van der Waals surface area contributed by atoms with Gasteiger partial charge in [0.1, 0.15) is 29.7 Å². The van der Waals surface area contributed by atoms with Crippen LogP contribution in [0.25, 0.3) is 10.8 Å². The Hall–Kier alpha value is -5.16. The maximum atomic E-state index is 12.9. The molecule has 0 spiro atoms. The monoisotopic (exact) mass is 636 g/mol. The smallest absolute Gasteiger partial charge is 0.315 e. The van der Waals surface area contributed by atoms with Gasteiger partial charge in [0.25, 0.3) is 0 Å². The van der Waals surface area contributed by atoms with Crippen LogP contribution in [0.1, 0.15) is 28.2 Å². The first-order chi connectivity index (χ1) is 21.8. The molecule has 0 bridgehead atoms. The Balaban J connectivity index is 1.25. The third-order valence-electron chi connectivity index (χ3n) is 7.56. The Labute approximate surface area is 269 Å². The Bertz CT molecular complexity index is 2010. The quantitative estimate of drug-likeness (QED) is 0.135. The van der Waals surface area contributed by atoms with E-state index in [2.05, 4.69) is 6.07 Å². The van der Waals surface area contributed by atoms with Gasteiger partial charge >= 0.3 is 5.97 Å². The minimum absolute atomic E-state index is 0.0362. The summed E-state index contributed by atoms with van der Waals surface area (Å²) in [4.78, 5) is 12.9. The third-order valence-corrected chi connectivity index (χ3v) is 8.14. The van der Waals surface area contributed by atoms with Crippen LogP contribution in [0.3, 0.4) is 0 Å². The lowest BCUT2D eigenvalue weighted by Crippen LogP contribution is -2.21. The molecule has 1 atom stereocenters. The number of methoxy groups -OCH3 is 1. The number of carbonyl (C=O) groups excluding carboxylic acids is 1. The van der Waals surface area contributed by atoms with Crippen LogP contribution >= 0.6 is 23.2 Å². The number of nitrogens with zero attached hydrogens (tertiary/aromatic N) is 1. The van der Waals surface area contributed by atoms with Gasteiger partial charge in [0.15, 0.2) is 11.5 Å². The number of allylic oxidation sites excluding steroid dienone is 1. The van der Waals surface area contributed by atoms with Crippen molar-refractivity contribution in [3.63, 3.8) is 0 Å². The van der Waals surface area contributed by atoms with E-state index in [0.717, 1.165) is 27.5 Å². The number of halogens is 2. The molecule has 0 aliphatic carbocycles. The summed E-state index contributed by atoms with van der Waals surface area (Å²) in [5.41, 5.74) is 9.51. The van der Waals surface area contributed by atoms with Gasteiger partial charge in [-0.3, -0.25) is 4.79 Å². The van der Waals surface area contributed by atoms with E-state index in [-0.39, 0.29) is 24.5 Å². The summed E-state index contributed by atoms with van der Waals surface area (Å²) in [6, 6.07) is 31.5. The van der Waals surface area contributed by atoms with Gasteiger partial charge < -0.3 is 24.7 Å². The zero-order valence-corrected chi connectivity index (χ0v) is 25.6. The van der Waals surface area contributed by atoms with Crippen molar-refractivity contribution in [3.05, 3.63) is 141 Å². The van der Waals surface area contributed by atoms with Crippen LogP contribution in [0.5, 0.6) is 23.0 Å². The number of carbonyl (C=O) groups is 1. The first-order valence-electron chi connectivity index (χ1n) is 14.0. The molecule has 1 aliphatic heterocycles. The number of esters is 1. The molecule has 5 aromatic carbocycles. The first kappa shape index (κ1) is 29.9. The van der Waals surface area contributed by atoms with Crippen molar-refractivity contribution in [3.8, 4) is 29.1 Å². The van der Waals surface area contributed by atoms with Crippen LogP contribution in [-0.2, 0) is 17.8 Å². The van der Waals surface area contributed by atoms with E-state index in [1.807, 2.05) is 48.5 Å². The number of ether oxygens (including phenoxy) is 4. The standard InChI is InChI=1S/C36H26Cl2N2O5/c1-42-33-15-23(10-14-31(33)43-20-24-9-11-25(37)17-30(24)38)35-28-13-12-26(18-32(28)45-36(40)29(35)19-39)44-34(41)16-22-7-4-6-21-5-2-3-8-27(21)22/h2-15,17-18,35H,16,20,40H2,1H3. The molecule has 5 aromatic rings. The zero-order chi connectivity index (χ0) is 31.5. The van der Waals surface area contributed by atoms with Crippen LogP contribution in [0.4, 0.5) is 0 Å². The van der Waals surface area contributed by atoms with Crippen molar-refractivity contribution in [2.75, 3.05) is 7.11 Å². The highest BCUT2D eigenvalue weighted by Gasteiger charge is 2.32. The number of hydrogen-bond donors (Lipinski definition) is 1. The molecule has 0 radical (unpaired) electrons. The summed E-state index contributed by atoms with van der Waals surface area (Å²) in [7, 11) is 1.54. The number of rotatable bonds is 8. The number of fused-ring (bicyclic) bond motifs is 2. The molecule has 0 saturated carbocycles. The van der Waals surface area contributed by atoms with Gasteiger partial charge in [-0.2, -0.15) is 5.26 Å². The SMILES string of the molecule is COc1cc(C2C(C#N)=C(N)Oc3cc(OC(=O)Cc4cccc5ccccc45)ccc32)ccc1OCc1ccc(Cl)cc1Cl. The first-order valence-corrected chi connectivity index (χ1v) is 14.7. The minimum atomic E-state index is -0.562. The summed E-state index contributed by atoms with van der Waals surface area (Å²) in [6.45, 7) is 0.199. The molecular weight excluding hydrogens is 611 g/mol. The highest BCUT2D eigenvalue weighted by Crippen LogP contribution is 2.45. The van der Waals surface area contributed by atoms with Crippen LogP contribution < -0.4 is 24.7 Å². The van der Waals surface area contributed by atoms with E-state index < -0.39 is 11.9 Å². The number of nitriles is 1. The van der Waals surface area contributed by atoms with Crippen molar-refractivity contribution < 1.29 is 23.7 Å². The fourth-order valence-corrected chi connectivity index (χ4v) is 5.85. The maximum absolute atomic E-state index is 12.9. The molecule has 9 heteroatoms. The third kappa shape index (κ3) is 6.25. The number of nitrogens with two attached hydrogens (primary N) is 1. The molecular formula is C36H26Cl2N2O5. The van der Waals surface area contributed by atoms with Crippen molar-refractivity contribution in [1.29, 1.82) is 5.26 Å². The highest BCUT2D eigenvalue weighted by molar-refractivity contribution is 6.35. The Morgan fingerprint density at radius 3 is 2.56 bits per heavy atom. The zero-order valence-electron chi connectivity index (χ0n) is 24.1. The second-order valence-electron chi connectivity index (χ2n) is 10.3. The van der Waals surface area contributed by atoms with Crippen LogP contribution in [0.2, 0.25) is 10.0 Å². The van der Waals surface area contributed by atoms with E-state index in [1.165, 1.54) is 7.11 Å². The second-order valence-corrected chi connectivity index (χ2v) is 11.2. The van der Waals surface area contributed by atoms with E-state index in [1.54, 1.807) is 48.5 Å². The van der Waals surface area contributed by atoms with Gasteiger partial charge in [0.2, 0.25) is 5.88 Å². The molecule has 0 fully saturated rings. The molecule has 224 valence electrons. The molecule has 1 heterocycles. The average Bonchev–Trinajstić information content (AvgIpc) is 3.04. The lowest BCUT2D eigenvalue weighted by molar-refractivity contribution is -0.133. The Morgan fingerprint density at radius 2 is 1.76 bits per heavy atom. The molecule has 7 nitrogen and oxygen atoms in total. The molecule has 0 aromatic heterocycles. The summed E-state index contributed by atoms with van der Waals surface area (Å²) >= 11 is 12.3. The van der Waals surface area contributed by atoms with Gasteiger partial charge in [0.05, 0.1) is 19.4 Å². The summed E-state index contributed by atoms with van der Waals surface area (Å²) in [6.07, 6.45) is 0.0982. The molecule has 1 aliphatic rings. The van der Waals surface area contributed by atoms with Crippen LogP contribution in [-0.4, -0.2) is 13.1 Å². The second kappa shape index (κ2) is 12.8. The maximum Gasteiger partial charge on any atom is 0.315 e. The Kier molecular flexibility index (Phi) is 8.52. The van der Waals surface area contributed by atoms with E-state index in [9.17, 15) is 10.1 Å². The molecule has 2 N–H and O–H groups in total. The van der Waals surface area contributed by atoms with Crippen LogP contribution in [0, 0.1) is 11.3 Å². The fourth-order valence-electron chi connectivity index (χ4n) is 5.39. The number of benzene rings is 5. The number of hydrogen-bond acceptors (Lipinski definition) is 7. The predicted octanol–water partition coefficient (Wildman–Crippen LogP) is 8.10. The summed E-state index contributed by atoms with van der Waals surface area (Å²) in [5, 5.41) is 13.1. The lowest BCUT2D eigenvalue weighted by atomic mass is 9.83. The summed E-state index contributed by atoms with van der Waals surface area (Å²) in [5.74, 6) is 0.611. The van der Waals surface area contributed by atoms with Gasteiger partial charge in [-0.1, -0.05) is 83.9 Å². The van der Waals surface area contributed by atoms with Gasteiger partial charge in [-0.05, 0) is 52.2 Å². The predicted molar refractivity (Wildman–Crippen MR) is 173 cm³/mol. The van der Waals surface area contributed by atoms with E-state index >= 15 is 0 Å². The van der Waals surface area contributed by atoms with Gasteiger partial charge in [-0.15, -0.1) is 0 Å². The molecule has 0 amide bonds. The fraction of sp³-hybridized carbons (Fsp3) is 0.111. The van der Waals surface area contributed by atoms with Crippen molar-refractivity contribution >= 4 is 39.9 Å². The van der Waals surface area contributed by atoms with Gasteiger partial charge in [0, 0.05) is 27.2 Å². The molecule has 1 unspecified atom stereocenters. The minimum Gasteiger partial charge on any atom is -0.493 e. The molecule has 0 saturated heterocycles. The highest BCUT2D eigenvalue weighted by atomic mass is 35.5. The topological polar surface area (TPSA) is 104 Å². The lowest BCUT2D eigenvalue weighted by Gasteiger charge is -2.27. The molecule has 6 rings (SSSR count). The van der Waals surface area contributed by atoms with E-state index in [4.69, 9.17) is 47.9 Å². The van der Waals surface area contributed by atoms with E-state index in [0.29, 0.717) is 38.6 Å². The largest absolute Gasteiger partial charge is 0.493 e. The Morgan fingerprint density at radius 1 is 0.933 bits per heavy atom. The normalized spacial score (nSPS) is 13.9. The van der Waals surface area contributed by atoms with Crippen molar-refractivity contribution in [2.45, 2.75) is 18.9 Å².